The summed E-state index contributed by atoms with van der Waals surface area (Å²) in [7, 11) is 1.25. The monoisotopic (exact) mass is 339 g/mol. The topological polar surface area (TPSA) is 65.1 Å². The molecule has 0 radical (unpaired) electrons. The minimum absolute atomic E-state index is 0.0807. The highest BCUT2D eigenvalue weighted by molar-refractivity contribution is 5.82. The van der Waals surface area contributed by atoms with Gasteiger partial charge in [-0.3, -0.25) is 4.90 Å². The van der Waals surface area contributed by atoms with Crippen molar-refractivity contribution < 1.29 is 28.2 Å². The second-order valence-corrected chi connectivity index (χ2v) is 6.58. The number of benzene rings is 1. The van der Waals surface area contributed by atoms with E-state index in [1.54, 1.807) is 32.9 Å². The molecule has 0 aromatic heterocycles. The predicted molar refractivity (Wildman–Crippen MR) is 84.2 cm³/mol. The zero-order valence-electron chi connectivity index (χ0n) is 14.2. The van der Waals surface area contributed by atoms with Gasteiger partial charge < -0.3 is 14.2 Å². The standard InChI is InChI=1S/C17H22FNO5/c1-17(2,3)24-16(21)19-10-11(9-13(19)15(20)22-4)23-14-8-6-5-7-12(14)18/h5-8,11,13H,9-10H2,1-4H3/t11?,13-/m0/s1. The van der Waals surface area contributed by atoms with Crippen molar-refractivity contribution in [3.63, 3.8) is 0 Å². The summed E-state index contributed by atoms with van der Waals surface area (Å²) < 4.78 is 29.4. The number of nitrogens with zero attached hydrogens (tertiary/aromatic N) is 1. The number of rotatable bonds is 3. The van der Waals surface area contributed by atoms with E-state index >= 15 is 0 Å². The fourth-order valence-corrected chi connectivity index (χ4v) is 2.48. The Hall–Kier alpha value is -2.31. The Bertz CT molecular complexity index is 613. The molecule has 0 aliphatic carbocycles. The lowest BCUT2D eigenvalue weighted by Crippen LogP contribution is -2.44. The van der Waals surface area contributed by atoms with Crippen LogP contribution in [0.2, 0.25) is 0 Å². The van der Waals surface area contributed by atoms with Crippen LogP contribution >= 0.6 is 0 Å². The molecule has 1 aliphatic rings. The molecule has 24 heavy (non-hydrogen) atoms. The Morgan fingerprint density at radius 2 is 1.92 bits per heavy atom. The molecular formula is C17H22FNO5. The van der Waals surface area contributed by atoms with E-state index in [4.69, 9.17) is 14.2 Å². The third-order valence-electron chi connectivity index (χ3n) is 3.49. The maximum atomic E-state index is 13.7. The molecule has 7 heteroatoms. The van der Waals surface area contributed by atoms with Crippen LogP contribution in [0.5, 0.6) is 5.75 Å². The second-order valence-electron chi connectivity index (χ2n) is 6.58. The fraction of sp³-hybridized carbons (Fsp3) is 0.529. The molecule has 1 heterocycles. The highest BCUT2D eigenvalue weighted by atomic mass is 19.1. The van der Waals surface area contributed by atoms with Gasteiger partial charge in [0.1, 0.15) is 17.7 Å². The van der Waals surface area contributed by atoms with Crippen LogP contribution in [0.4, 0.5) is 9.18 Å². The molecule has 1 aliphatic heterocycles. The first-order valence-corrected chi connectivity index (χ1v) is 7.70. The van der Waals surface area contributed by atoms with Crippen LogP contribution in [0.25, 0.3) is 0 Å². The summed E-state index contributed by atoms with van der Waals surface area (Å²) in [6.07, 6.45) is -0.948. The largest absolute Gasteiger partial charge is 0.485 e. The molecule has 0 saturated carbocycles. The molecule has 2 atom stereocenters. The van der Waals surface area contributed by atoms with E-state index in [9.17, 15) is 14.0 Å². The number of esters is 1. The van der Waals surface area contributed by atoms with Crippen molar-refractivity contribution in [1.29, 1.82) is 0 Å². The van der Waals surface area contributed by atoms with Crippen LogP contribution in [-0.4, -0.2) is 48.4 Å². The van der Waals surface area contributed by atoms with Crippen LogP contribution in [0.15, 0.2) is 24.3 Å². The summed E-state index contributed by atoms with van der Waals surface area (Å²) in [4.78, 5) is 25.5. The summed E-state index contributed by atoms with van der Waals surface area (Å²) in [5.74, 6) is -0.972. The van der Waals surface area contributed by atoms with Crippen molar-refractivity contribution in [1.82, 2.24) is 4.90 Å². The number of hydrogen-bond acceptors (Lipinski definition) is 5. The normalized spacial score (nSPS) is 20.6. The molecule has 1 saturated heterocycles. The van der Waals surface area contributed by atoms with Crippen LogP contribution in [0.1, 0.15) is 27.2 Å². The van der Waals surface area contributed by atoms with Gasteiger partial charge in [-0.25, -0.2) is 14.0 Å². The molecule has 132 valence electrons. The van der Waals surface area contributed by atoms with Gasteiger partial charge >= 0.3 is 12.1 Å². The minimum atomic E-state index is -0.818. The van der Waals surface area contributed by atoms with Crippen LogP contribution in [0.3, 0.4) is 0 Å². The predicted octanol–water partition coefficient (Wildman–Crippen LogP) is 2.76. The van der Waals surface area contributed by atoms with Gasteiger partial charge in [0.05, 0.1) is 13.7 Å². The lowest BCUT2D eigenvalue weighted by Gasteiger charge is -2.27. The van der Waals surface area contributed by atoms with E-state index < -0.39 is 35.6 Å². The number of amides is 1. The van der Waals surface area contributed by atoms with Gasteiger partial charge in [0, 0.05) is 6.42 Å². The molecule has 0 bridgehead atoms. The van der Waals surface area contributed by atoms with E-state index in [1.165, 1.54) is 24.1 Å². The number of carbonyl (C=O) groups excluding carboxylic acids is 2. The molecule has 1 aromatic rings. The van der Waals surface area contributed by atoms with Crippen LogP contribution < -0.4 is 4.74 Å². The molecule has 1 amide bonds. The third-order valence-corrected chi connectivity index (χ3v) is 3.49. The van der Waals surface area contributed by atoms with Crippen LogP contribution in [-0.2, 0) is 14.3 Å². The highest BCUT2D eigenvalue weighted by Crippen LogP contribution is 2.27. The SMILES string of the molecule is COC(=O)[C@@H]1CC(Oc2ccccc2F)CN1C(=O)OC(C)(C)C. The van der Waals surface area contributed by atoms with Gasteiger partial charge in [-0.2, -0.15) is 0 Å². The Balaban J connectivity index is 2.13. The lowest BCUT2D eigenvalue weighted by atomic mass is 10.2. The zero-order chi connectivity index (χ0) is 17.9. The highest BCUT2D eigenvalue weighted by Gasteiger charge is 2.43. The number of likely N-dealkylation sites (tertiary alicyclic amines) is 1. The Morgan fingerprint density at radius 1 is 1.25 bits per heavy atom. The summed E-state index contributed by atoms with van der Waals surface area (Å²) in [5.41, 5.74) is -0.692. The molecule has 1 fully saturated rings. The molecule has 1 unspecified atom stereocenters. The average Bonchev–Trinajstić information content (AvgIpc) is 2.91. The smallest absolute Gasteiger partial charge is 0.411 e. The van der Waals surface area contributed by atoms with E-state index in [0.717, 1.165) is 0 Å². The summed E-state index contributed by atoms with van der Waals surface area (Å²) in [5, 5.41) is 0. The molecule has 2 rings (SSSR count). The van der Waals surface area contributed by atoms with E-state index in [1.807, 2.05) is 0 Å². The summed E-state index contributed by atoms with van der Waals surface area (Å²) in [6, 6.07) is 5.17. The first-order valence-electron chi connectivity index (χ1n) is 7.70. The number of hydrogen-bond donors (Lipinski definition) is 0. The number of halogens is 1. The Kier molecular flexibility index (Phi) is 5.31. The van der Waals surface area contributed by atoms with E-state index in [2.05, 4.69) is 0 Å². The van der Waals surface area contributed by atoms with Gasteiger partial charge in [0.25, 0.3) is 0 Å². The van der Waals surface area contributed by atoms with Gasteiger partial charge in [0.15, 0.2) is 11.6 Å². The first kappa shape index (κ1) is 18.0. The van der Waals surface area contributed by atoms with Crippen molar-refractivity contribution >= 4 is 12.1 Å². The van der Waals surface area contributed by atoms with Gasteiger partial charge in [0.2, 0.25) is 0 Å². The first-order chi connectivity index (χ1) is 11.2. The Morgan fingerprint density at radius 3 is 2.50 bits per heavy atom. The minimum Gasteiger partial charge on any atom is -0.485 e. The number of ether oxygens (including phenoxy) is 3. The van der Waals surface area contributed by atoms with Gasteiger partial charge in [-0.05, 0) is 32.9 Å². The maximum absolute atomic E-state index is 13.7. The molecular weight excluding hydrogens is 317 g/mol. The fourth-order valence-electron chi connectivity index (χ4n) is 2.48. The van der Waals surface area contributed by atoms with E-state index in [-0.39, 0.29) is 18.7 Å². The number of methoxy groups -OCH3 is 1. The molecule has 6 nitrogen and oxygen atoms in total. The second kappa shape index (κ2) is 7.07. The zero-order valence-corrected chi connectivity index (χ0v) is 14.2. The lowest BCUT2D eigenvalue weighted by molar-refractivity contribution is -0.145. The summed E-state index contributed by atoms with van der Waals surface area (Å²) in [6.45, 7) is 5.33. The summed E-state index contributed by atoms with van der Waals surface area (Å²) >= 11 is 0. The average molecular weight is 339 g/mol. The van der Waals surface area contributed by atoms with Gasteiger partial charge in [-0.15, -0.1) is 0 Å². The number of para-hydroxylation sites is 1. The maximum Gasteiger partial charge on any atom is 0.411 e. The quantitative estimate of drug-likeness (QED) is 0.792. The third kappa shape index (κ3) is 4.37. The van der Waals surface area contributed by atoms with E-state index in [0.29, 0.717) is 0 Å². The van der Waals surface area contributed by atoms with Crippen molar-refractivity contribution in [3.8, 4) is 5.75 Å². The number of carbonyl (C=O) groups is 2. The van der Waals surface area contributed by atoms with Crippen molar-refractivity contribution in [2.75, 3.05) is 13.7 Å². The molecule has 1 aromatic carbocycles. The van der Waals surface area contributed by atoms with Crippen molar-refractivity contribution in [3.05, 3.63) is 30.1 Å². The molecule has 0 spiro atoms. The Labute approximate surface area is 140 Å². The van der Waals surface area contributed by atoms with Gasteiger partial charge in [-0.1, -0.05) is 12.1 Å². The van der Waals surface area contributed by atoms with Crippen LogP contribution in [0, 0.1) is 5.82 Å². The molecule has 0 N–H and O–H groups in total. The van der Waals surface area contributed by atoms with Crippen molar-refractivity contribution in [2.24, 2.45) is 0 Å². The van der Waals surface area contributed by atoms with Crippen molar-refractivity contribution in [2.45, 2.75) is 44.9 Å².